The first-order valence-electron chi connectivity index (χ1n) is 8.17. The van der Waals surface area contributed by atoms with Gasteiger partial charge in [-0.3, -0.25) is 14.6 Å². The van der Waals surface area contributed by atoms with Gasteiger partial charge in [-0.05, 0) is 30.9 Å². The van der Waals surface area contributed by atoms with Crippen LogP contribution in [0.15, 0.2) is 18.5 Å². The lowest BCUT2D eigenvalue weighted by Crippen LogP contribution is -2.45. The lowest BCUT2D eigenvalue weighted by molar-refractivity contribution is -0.143. The normalized spacial score (nSPS) is 24.5. The van der Waals surface area contributed by atoms with E-state index in [1.54, 1.807) is 29.3 Å². The molecule has 6 heteroatoms. The Morgan fingerprint density at radius 1 is 1.43 bits per heavy atom. The van der Waals surface area contributed by atoms with Gasteiger partial charge in [0.25, 0.3) is 5.91 Å². The fraction of sp³-hybridized carbons (Fsp3) is 0.588. The van der Waals surface area contributed by atoms with Crippen molar-refractivity contribution in [2.24, 2.45) is 0 Å². The first kappa shape index (κ1) is 15.9. The third-order valence-electron chi connectivity index (χ3n) is 4.75. The number of nitrogens with zero attached hydrogens (tertiary/aromatic N) is 3. The van der Waals surface area contributed by atoms with Crippen molar-refractivity contribution in [3.63, 3.8) is 0 Å². The Hall–Kier alpha value is -1.95. The van der Waals surface area contributed by atoms with E-state index >= 15 is 0 Å². The molecule has 1 saturated heterocycles. The summed E-state index contributed by atoms with van der Waals surface area (Å²) >= 11 is 0. The Morgan fingerprint density at radius 3 is 3.04 bits per heavy atom. The van der Waals surface area contributed by atoms with Gasteiger partial charge in [-0.2, -0.15) is 0 Å². The molecule has 0 radical (unpaired) electrons. The van der Waals surface area contributed by atoms with Gasteiger partial charge in [0, 0.05) is 32.3 Å². The van der Waals surface area contributed by atoms with Gasteiger partial charge in [0.1, 0.15) is 12.6 Å². The smallest absolute Gasteiger partial charge is 0.252 e. The molecule has 2 atom stereocenters. The van der Waals surface area contributed by atoms with Crippen LogP contribution in [0.3, 0.4) is 0 Å². The Labute approximate surface area is 136 Å². The molecule has 1 aromatic rings. The topological polar surface area (TPSA) is 62.7 Å². The van der Waals surface area contributed by atoms with Crippen molar-refractivity contribution < 1.29 is 14.3 Å². The lowest BCUT2D eigenvalue weighted by Gasteiger charge is -2.26. The van der Waals surface area contributed by atoms with E-state index in [0.717, 1.165) is 30.5 Å². The van der Waals surface area contributed by atoms with Crippen molar-refractivity contribution in [3.05, 3.63) is 24.0 Å². The molecule has 6 nitrogen and oxygen atoms in total. The van der Waals surface area contributed by atoms with Gasteiger partial charge >= 0.3 is 0 Å². The molecule has 3 heterocycles. The standard InChI is InChI=1S/C17H23N3O3/c1-12-10-20(14-9-18-7-6-13(12)14)16(21)11-19-8-4-3-5-15(23-2)17(19)22/h6-7,9,12,15H,3-5,8,10-11H2,1-2H3. The van der Waals surface area contributed by atoms with Crippen molar-refractivity contribution in [1.82, 2.24) is 9.88 Å². The summed E-state index contributed by atoms with van der Waals surface area (Å²) in [4.78, 5) is 32.7. The molecular formula is C17H23N3O3. The first-order chi connectivity index (χ1) is 11.1. The van der Waals surface area contributed by atoms with Crippen LogP contribution in [0.25, 0.3) is 0 Å². The number of likely N-dealkylation sites (tertiary alicyclic amines) is 1. The van der Waals surface area contributed by atoms with Crippen molar-refractivity contribution in [3.8, 4) is 0 Å². The van der Waals surface area contributed by atoms with Crippen LogP contribution in [-0.2, 0) is 14.3 Å². The number of aromatic nitrogens is 1. The third-order valence-corrected chi connectivity index (χ3v) is 4.75. The fourth-order valence-electron chi connectivity index (χ4n) is 3.44. The van der Waals surface area contributed by atoms with Crippen LogP contribution in [0, 0.1) is 0 Å². The first-order valence-corrected chi connectivity index (χ1v) is 8.17. The number of hydrogen-bond donors (Lipinski definition) is 0. The maximum Gasteiger partial charge on any atom is 0.252 e. The van der Waals surface area contributed by atoms with E-state index < -0.39 is 6.10 Å². The zero-order chi connectivity index (χ0) is 16.4. The van der Waals surface area contributed by atoms with Gasteiger partial charge in [0.2, 0.25) is 5.91 Å². The van der Waals surface area contributed by atoms with Crippen LogP contribution in [0.2, 0.25) is 0 Å². The van der Waals surface area contributed by atoms with Gasteiger partial charge in [-0.15, -0.1) is 0 Å². The number of fused-ring (bicyclic) bond motifs is 1. The molecule has 2 amide bonds. The molecule has 0 aromatic carbocycles. The molecule has 2 aliphatic heterocycles. The number of carbonyl (C=O) groups excluding carboxylic acids is 2. The molecule has 0 N–H and O–H groups in total. The maximum absolute atomic E-state index is 12.7. The summed E-state index contributed by atoms with van der Waals surface area (Å²) in [7, 11) is 1.55. The molecule has 2 unspecified atom stereocenters. The van der Waals surface area contributed by atoms with Gasteiger partial charge in [-0.25, -0.2) is 0 Å². The van der Waals surface area contributed by atoms with Gasteiger partial charge in [-0.1, -0.05) is 6.92 Å². The molecule has 3 rings (SSSR count). The van der Waals surface area contributed by atoms with Crippen molar-refractivity contribution in [2.75, 3.05) is 31.6 Å². The van der Waals surface area contributed by atoms with Crippen molar-refractivity contribution >= 4 is 17.5 Å². The van der Waals surface area contributed by atoms with E-state index in [1.165, 1.54) is 0 Å². The van der Waals surface area contributed by atoms with Gasteiger partial charge in [0.15, 0.2) is 0 Å². The van der Waals surface area contributed by atoms with Crippen molar-refractivity contribution in [1.29, 1.82) is 0 Å². The Bertz CT molecular complexity index is 605. The minimum Gasteiger partial charge on any atom is -0.372 e. The Morgan fingerprint density at radius 2 is 2.26 bits per heavy atom. The number of ether oxygens (including phenoxy) is 1. The molecular weight excluding hydrogens is 294 g/mol. The number of anilines is 1. The lowest BCUT2D eigenvalue weighted by atomic mass is 10.1. The molecule has 124 valence electrons. The molecule has 1 aromatic heterocycles. The summed E-state index contributed by atoms with van der Waals surface area (Å²) in [5.74, 6) is 0.175. The number of hydrogen-bond acceptors (Lipinski definition) is 4. The molecule has 0 spiro atoms. The van der Waals surface area contributed by atoms with Crippen LogP contribution in [-0.4, -0.2) is 54.5 Å². The Kier molecular flexibility index (Phi) is 4.61. The Balaban J connectivity index is 1.73. The maximum atomic E-state index is 12.7. The molecule has 0 bridgehead atoms. The highest BCUT2D eigenvalue weighted by Crippen LogP contribution is 2.35. The minimum absolute atomic E-state index is 0.0475. The molecule has 23 heavy (non-hydrogen) atoms. The largest absolute Gasteiger partial charge is 0.372 e. The van der Waals surface area contributed by atoms with Crippen LogP contribution >= 0.6 is 0 Å². The van der Waals surface area contributed by atoms with Crippen LogP contribution in [0.1, 0.15) is 37.7 Å². The van der Waals surface area contributed by atoms with Gasteiger partial charge < -0.3 is 14.5 Å². The van der Waals surface area contributed by atoms with Gasteiger partial charge in [0.05, 0.1) is 11.9 Å². The highest BCUT2D eigenvalue weighted by Gasteiger charge is 2.33. The quantitative estimate of drug-likeness (QED) is 0.849. The predicted molar refractivity (Wildman–Crippen MR) is 86.2 cm³/mol. The summed E-state index contributed by atoms with van der Waals surface area (Å²) in [5, 5.41) is 0. The van der Waals surface area contributed by atoms with Crippen LogP contribution < -0.4 is 4.90 Å². The van der Waals surface area contributed by atoms with Crippen LogP contribution in [0.4, 0.5) is 5.69 Å². The van der Waals surface area contributed by atoms with E-state index in [2.05, 4.69) is 11.9 Å². The average Bonchev–Trinajstić information content (AvgIpc) is 2.80. The highest BCUT2D eigenvalue weighted by atomic mass is 16.5. The van der Waals surface area contributed by atoms with E-state index in [1.807, 2.05) is 6.07 Å². The van der Waals surface area contributed by atoms with Crippen LogP contribution in [0.5, 0.6) is 0 Å². The van der Waals surface area contributed by atoms with Crippen molar-refractivity contribution in [2.45, 2.75) is 38.2 Å². The zero-order valence-corrected chi connectivity index (χ0v) is 13.7. The molecule has 0 aliphatic carbocycles. The third kappa shape index (κ3) is 3.08. The molecule has 1 fully saturated rings. The number of carbonyl (C=O) groups is 2. The highest BCUT2D eigenvalue weighted by molar-refractivity contribution is 5.99. The second-order valence-corrected chi connectivity index (χ2v) is 6.32. The van der Waals surface area contributed by atoms with E-state index in [9.17, 15) is 9.59 Å². The van der Waals surface area contributed by atoms with E-state index in [4.69, 9.17) is 4.74 Å². The summed E-state index contributed by atoms with van der Waals surface area (Å²) in [5.41, 5.74) is 2.01. The second-order valence-electron chi connectivity index (χ2n) is 6.32. The van der Waals surface area contributed by atoms with E-state index in [0.29, 0.717) is 19.0 Å². The average molecular weight is 317 g/mol. The SMILES string of the molecule is COC1CCCCN(CC(=O)N2CC(C)c3ccncc32)C1=O. The predicted octanol–water partition coefficient (Wildman–Crippen LogP) is 1.56. The summed E-state index contributed by atoms with van der Waals surface area (Å²) in [6.07, 6.45) is 5.66. The summed E-state index contributed by atoms with van der Waals surface area (Å²) in [6.45, 7) is 3.48. The minimum atomic E-state index is -0.420. The summed E-state index contributed by atoms with van der Waals surface area (Å²) < 4.78 is 5.27. The molecule has 2 aliphatic rings. The number of rotatable bonds is 3. The fourth-order valence-corrected chi connectivity index (χ4v) is 3.44. The van der Waals surface area contributed by atoms with E-state index in [-0.39, 0.29) is 18.4 Å². The number of pyridine rings is 1. The summed E-state index contributed by atoms with van der Waals surface area (Å²) in [6, 6.07) is 1.96. The zero-order valence-electron chi connectivity index (χ0n) is 13.7. The monoisotopic (exact) mass is 317 g/mol. The number of amides is 2. The second kappa shape index (κ2) is 6.66. The molecule has 0 saturated carbocycles. The number of methoxy groups -OCH3 is 1.